The summed E-state index contributed by atoms with van der Waals surface area (Å²) in [5, 5.41) is 0.336. The Kier molecular flexibility index (Phi) is 6.31. The first-order chi connectivity index (χ1) is 14.5. The Morgan fingerprint density at radius 2 is 1.61 bits per heavy atom. The summed E-state index contributed by atoms with van der Waals surface area (Å²) in [5.41, 5.74) is 0.322. The Bertz CT molecular complexity index is 1290. The van der Waals surface area contributed by atoms with Crippen molar-refractivity contribution in [3.63, 3.8) is 0 Å². The predicted molar refractivity (Wildman–Crippen MR) is 119 cm³/mol. The average Bonchev–Trinajstić information content (AvgIpc) is 2.67. The minimum absolute atomic E-state index is 0.0132. The molecule has 8 heteroatoms. The fourth-order valence-electron chi connectivity index (χ4n) is 3.45. The van der Waals surface area contributed by atoms with Crippen LogP contribution in [0.1, 0.15) is 38.8 Å². The van der Waals surface area contributed by atoms with Gasteiger partial charge in [0.2, 0.25) is 0 Å². The molecule has 0 atom stereocenters. The van der Waals surface area contributed by atoms with E-state index >= 15 is 0 Å². The number of hydrogen-bond acceptors (Lipinski definition) is 4. The van der Waals surface area contributed by atoms with Gasteiger partial charge in [0, 0.05) is 17.5 Å². The van der Waals surface area contributed by atoms with E-state index in [-0.39, 0.29) is 34.0 Å². The van der Waals surface area contributed by atoms with Crippen LogP contribution in [0.2, 0.25) is 0 Å². The summed E-state index contributed by atoms with van der Waals surface area (Å²) in [7, 11) is -4.12. The van der Waals surface area contributed by atoms with Crippen LogP contribution >= 0.6 is 0 Å². The van der Waals surface area contributed by atoms with Crippen LogP contribution in [0.25, 0.3) is 11.0 Å². The Morgan fingerprint density at radius 1 is 1.00 bits per heavy atom. The molecule has 0 amide bonds. The lowest BCUT2D eigenvalue weighted by molar-refractivity contribution is 0.292. The van der Waals surface area contributed by atoms with Crippen LogP contribution < -0.4 is 5.63 Å². The van der Waals surface area contributed by atoms with Crippen molar-refractivity contribution >= 4 is 26.8 Å². The fourth-order valence-corrected chi connectivity index (χ4v) is 4.45. The van der Waals surface area contributed by atoms with E-state index in [1.54, 1.807) is 17.0 Å². The highest BCUT2D eigenvalue weighted by Crippen LogP contribution is 2.21. The summed E-state index contributed by atoms with van der Waals surface area (Å²) < 4.78 is 49.4. The first-order valence-corrected chi connectivity index (χ1v) is 11.4. The molecule has 0 saturated carbocycles. The highest BCUT2D eigenvalue weighted by molar-refractivity contribution is 7.90. The maximum absolute atomic E-state index is 13.8. The summed E-state index contributed by atoms with van der Waals surface area (Å²) in [6.45, 7) is 9.34. The molecule has 31 heavy (non-hydrogen) atoms. The molecule has 6 nitrogen and oxygen atoms in total. The Hall–Kier alpha value is -3.00. The SMILES string of the molecule is Cc1ccc(S(=O)(=O)/N=C(\c2cc3cc(F)ccc3oc2=O)N(C(C)C)C(C)C)cc1. The number of fused-ring (bicyclic) bond motifs is 1. The van der Waals surface area contributed by atoms with Crippen LogP contribution in [-0.2, 0) is 10.0 Å². The average molecular weight is 445 g/mol. The number of benzene rings is 2. The van der Waals surface area contributed by atoms with Crippen molar-refractivity contribution < 1.29 is 17.2 Å². The number of hydrogen-bond donors (Lipinski definition) is 0. The molecule has 2 aromatic carbocycles. The second-order valence-corrected chi connectivity index (χ2v) is 9.53. The zero-order chi connectivity index (χ0) is 22.9. The van der Waals surface area contributed by atoms with E-state index in [0.29, 0.717) is 5.39 Å². The van der Waals surface area contributed by atoms with E-state index in [0.717, 1.165) is 5.56 Å². The van der Waals surface area contributed by atoms with Crippen LogP contribution in [-0.4, -0.2) is 31.2 Å². The number of sulfonamides is 1. The summed E-state index contributed by atoms with van der Waals surface area (Å²) in [6.07, 6.45) is 0. The molecule has 0 bridgehead atoms. The molecule has 0 N–H and O–H groups in total. The van der Waals surface area contributed by atoms with Crippen molar-refractivity contribution in [2.75, 3.05) is 0 Å². The van der Waals surface area contributed by atoms with Crippen LogP contribution in [0.3, 0.4) is 0 Å². The molecule has 0 fully saturated rings. The van der Waals surface area contributed by atoms with Crippen LogP contribution in [0, 0.1) is 12.7 Å². The third kappa shape index (κ3) is 4.85. The van der Waals surface area contributed by atoms with E-state index in [4.69, 9.17) is 4.42 Å². The number of amidine groups is 1. The molecule has 3 aromatic rings. The number of aryl methyl sites for hydroxylation is 1. The lowest BCUT2D eigenvalue weighted by Crippen LogP contribution is -2.44. The van der Waals surface area contributed by atoms with Gasteiger partial charge in [-0.3, -0.25) is 0 Å². The van der Waals surface area contributed by atoms with Crippen LogP contribution in [0.4, 0.5) is 4.39 Å². The Balaban J connectivity index is 2.31. The van der Waals surface area contributed by atoms with Gasteiger partial charge in [-0.15, -0.1) is 4.40 Å². The van der Waals surface area contributed by atoms with Crippen molar-refractivity contribution in [2.45, 2.75) is 51.6 Å². The molecule has 0 spiro atoms. The third-order valence-corrected chi connectivity index (χ3v) is 6.10. The van der Waals surface area contributed by atoms with Gasteiger partial charge < -0.3 is 9.32 Å². The smallest absolute Gasteiger partial charge is 0.347 e. The molecule has 0 radical (unpaired) electrons. The van der Waals surface area contributed by atoms with Crippen LogP contribution in [0.15, 0.2) is 67.0 Å². The van der Waals surface area contributed by atoms with Gasteiger partial charge in [0.05, 0.1) is 4.90 Å². The number of halogens is 1. The molecule has 3 rings (SSSR count). The fraction of sp³-hybridized carbons (Fsp3) is 0.304. The largest absolute Gasteiger partial charge is 0.422 e. The van der Waals surface area contributed by atoms with E-state index in [1.807, 2.05) is 34.6 Å². The maximum atomic E-state index is 13.8. The van der Waals surface area contributed by atoms with E-state index in [9.17, 15) is 17.6 Å². The van der Waals surface area contributed by atoms with Gasteiger partial charge in [-0.1, -0.05) is 17.7 Å². The number of rotatable bonds is 5. The first-order valence-electron chi connectivity index (χ1n) is 9.93. The highest BCUT2D eigenvalue weighted by Gasteiger charge is 2.27. The summed E-state index contributed by atoms with van der Waals surface area (Å²) >= 11 is 0. The van der Waals surface area contributed by atoms with Gasteiger partial charge in [-0.2, -0.15) is 8.42 Å². The normalized spacial score (nSPS) is 12.7. The Labute approximate surface area is 181 Å². The van der Waals surface area contributed by atoms with E-state index in [2.05, 4.69) is 4.40 Å². The summed E-state index contributed by atoms with van der Waals surface area (Å²) in [5.74, 6) is -0.534. The number of nitrogens with zero attached hydrogens (tertiary/aromatic N) is 2. The lowest BCUT2D eigenvalue weighted by atomic mass is 10.1. The molecule has 0 aliphatic carbocycles. The van der Waals surface area contributed by atoms with Gasteiger partial charge in [0.1, 0.15) is 17.0 Å². The van der Waals surface area contributed by atoms with Gasteiger partial charge in [0.15, 0.2) is 5.84 Å². The topological polar surface area (TPSA) is 80.0 Å². The zero-order valence-electron chi connectivity index (χ0n) is 18.1. The maximum Gasteiger partial charge on any atom is 0.347 e. The molecule has 1 aromatic heterocycles. The molecule has 0 aliphatic rings. The third-order valence-electron chi connectivity index (χ3n) is 4.82. The van der Waals surface area contributed by atoms with Crippen molar-refractivity contribution in [3.8, 4) is 0 Å². The van der Waals surface area contributed by atoms with Gasteiger partial charge in [-0.05, 0) is 71.0 Å². The highest BCUT2D eigenvalue weighted by atomic mass is 32.2. The van der Waals surface area contributed by atoms with Gasteiger partial charge >= 0.3 is 5.63 Å². The van der Waals surface area contributed by atoms with Crippen molar-refractivity contribution in [1.29, 1.82) is 0 Å². The Morgan fingerprint density at radius 3 is 2.19 bits per heavy atom. The molecular weight excluding hydrogens is 419 g/mol. The lowest BCUT2D eigenvalue weighted by Gasteiger charge is -2.33. The molecule has 0 saturated heterocycles. The van der Waals surface area contributed by atoms with Crippen molar-refractivity contribution in [2.24, 2.45) is 4.40 Å². The van der Waals surface area contributed by atoms with Crippen LogP contribution in [0.5, 0.6) is 0 Å². The zero-order valence-corrected chi connectivity index (χ0v) is 18.9. The quantitative estimate of drug-likeness (QED) is 0.329. The molecule has 0 unspecified atom stereocenters. The molecule has 0 aliphatic heterocycles. The second-order valence-electron chi connectivity index (χ2n) is 7.93. The molecular formula is C23H25FN2O4S. The van der Waals surface area contributed by atoms with Crippen molar-refractivity contribution in [3.05, 3.63) is 75.9 Å². The second kappa shape index (κ2) is 8.63. The first kappa shape index (κ1) is 22.7. The van der Waals surface area contributed by atoms with Crippen molar-refractivity contribution in [1.82, 2.24) is 4.90 Å². The minimum atomic E-state index is -4.12. The summed E-state index contributed by atoms with van der Waals surface area (Å²) in [4.78, 5) is 14.6. The molecule has 1 heterocycles. The minimum Gasteiger partial charge on any atom is -0.422 e. The predicted octanol–water partition coefficient (Wildman–Crippen LogP) is 4.49. The standard InChI is InChI=1S/C23H25FN2O4S/c1-14(2)26(15(3)4)22(25-31(28,29)19-9-6-16(5)7-10-19)20-13-17-12-18(24)8-11-21(17)30-23(20)27/h6-15H,1-5H3/b25-22+. The molecule has 164 valence electrons. The van der Waals surface area contributed by atoms with E-state index < -0.39 is 21.5 Å². The summed E-state index contributed by atoms with van der Waals surface area (Å²) in [6, 6.07) is 11.2. The monoisotopic (exact) mass is 444 g/mol. The van der Waals surface area contributed by atoms with Gasteiger partial charge in [0.25, 0.3) is 10.0 Å². The van der Waals surface area contributed by atoms with Gasteiger partial charge in [-0.25, -0.2) is 9.18 Å². The van der Waals surface area contributed by atoms with E-state index in [1.165, 1.54) is 36.4 Å².